The van der Waals surface area contributed by atoms with Crippen molar-refractivity contribution in [1.82, 2.24) is 0 Å². The Morgan fingerprint density at radius 3 is 2.00 bits per heavy atom. The van der Waals surface area contributed by atoms with Gasteiger partial charge in [-0.1, -0.05) is 54.7 Å². The lowest BCUT2D eigenvalue weighted by atomic mass is 9.98. The summed E-state index contributed by atoms with van der Waals surface area (Å²) in [6.07, 6.45) is 15.0. The highest BCUT2D eigenvalue weighted by molar-refractivity contribution is 14.1. The van der Waals surface area contributed by atoms with Crippen LogP contribution in [0.1, 0.15) is 64.2 Å². The Bertz CT molecular complexity index is 175. The molecule has 0 heterocycles. The summed E-state index contributed by atoms with van der Waals surface area (Å²) in [7, 11) is 0. The number of hydrogen-bond donors (Lipinski definition) is 0. The highest BCUT2D eigenvalue weighted by Gasteiger charge is 2.28. The number of alkyl halides is 1. The van der Waals surface area contributed by atoms with Crippen molar-refractivity contribution in [2.45, 2.75) is 80.3 Å². The Balaban J connectivity index is 1.75. The maximum atomic E-state index is 6.29. The van der Waals surface area contributed by atoms with Crippen molar-refractivity contribution in [3.05, 3.63) is 0 Å². The first-order valence-electron chi connectivity index (χ1n) is 6.66. The number of halogens is 1. The Labute approximate surface area is 107 Å². The van der Waals surface area contributed by atoms with Crippen LogP contribution in [0.2, 0.25) is 0 Å². The maximum absolute atomic E-state index is 6.29. The molecule has 0 aromatic heterocycles. The van der Waals surface area contributed by atoms with Crippen molar-refractivity contribution >= 4 is 22.6 Å². The molecular formula is C13H23IO. The lowest BCUT2D eigenvalue weighted by Gasteiger charge is -2.25. The molecule has 0 bridgehead atoms. The lowest BCUT2D eigenvalue weighted by molar-refractivity contribution is -0.0162. The molecule has 0 N–H and O–H groups in total. The average molecular weight is 322 g/mol. The van der Waals surface area contributed by atoms with E-state index in [1.165, 1.54) is 64.2 Å². The van der Waals surface area contributed by atoms with E-state index in [1.54, 1.807) is 0 Å². The molecule has 0 spiro atoms. The first kappa shape index (κ1) is 12.2. The Kier molecular flexibility index (Phi) is 5.21. The van der Waals surface area contributed by atoms with E-state index in [0.717, 1.165) is 3.92 Å². The van der Waals surface area contributed by atoms with Gasteiger partial charge in [0.15, 0.2) is 0 Å². The minimum absolute atomic E-state index is 0.579. The number of hydrogen-bond acceptors (Lipinski definition) is 1. The molecule has 1 nitrogen and oxygen atoms in total. The largest absolute Gasteiger partial charge is 0.374 e. The quantitative estimate of drug-likeness (QED) is 0.538. The zero-order chi connectivity index (χ0) is 10.5. The summed E-state index contributed by atoms with van der Waals surface area (Å²) >= 11 is 2.58. The third-order valence-electron chi connectivity index (χ3n) is 3.79. The molecule has 2 unspecified atom stereocenters. The van der Waals surface area contributed by atoms with E-state index in [2.05, 4.69) is 22.6 Å². The minimum atomic E-state index is 0.579. The van der Waals surface area contributed by atoms with Crippen LogP contribution in [0.3, 0.4) is 0 Å². The SMILES string of the molecule is IC1CCCC1OC1CCCCCCC1. The molecule has 0 saturated heterocycles. The van der Waals surface area contributed by atoms with Crippen LogP contribution in [0.25, 0.3) is 0 Å². The van der Waals surface area contributed by atoms with E-state index < -0.39 is 0 Å². The highest BCUT2D eigenvalue weighted by atomic mass is 127. The van der Waals surface area contributed by atoms with Gasteiger partial charge in [-0.05, 0) is 32.1 Å². The molecule has 2 heteroatoms. The van der Waals surface area contributed by atoms with E-state index in [-0.39, 0.29) is 0 Å². The van der Waals surface area contributed by atoms with Crippen molar-refractivity contribution < 1.29 is 4.74 Å². The summed E-state index contributed by atoms with van der Waals surface area (Å²) in [4.78, 5) is 0. The zero-order valence-corrected chi connectivity index (χ0v) is 11.7. The summed E-state index contributed by atoms with van der Waals surface area (Å²) in [6.45, 7) is 0. The van der Waals surface area contributed by atoms with Crippen LogP contribution < -0.4 is 0 Å². The highest BCUT2D eigenvalue weighted by Crippen LogP contribution is 2.31. The smallest absolute Gasteiger partial charge is 0.0696 e. The van der Waals surface area contributed by atoms with Gasteiger partial charge < -0.3 is 4.74 Å². The van der Waals surface area contributed by atoms with E-state index >= 15 is 0 Å². The van der Waals surface area contributed by atoms with Crippen LogP contribution in [-0.2, 0) is 4.74 Å². The maximum Gasteiger partial charge on any atom is 0.0696 e. The van der Waals surface area contributed by atoms with Gasteiger partial charge in [-0.15, -0.1) is 0 Å². The van der Waals surface area contributed by atoms with Crippen molar-refractivity contribution in [3.63, 3.8) is 0 Å². The van der Waals surface area contributed by atoms with E-state index in [0.29, 0.717) is 12.2 Å². The van der Waals surface area contributed by atoms with Gasteiger partial charge in [0.25, 0.3) is 0 Å². The van der Waals surface area contributed by atoms with Crippen LogP contribution in [0.5, 0.6) is 0 Å². The number of rotatable bonds is 2. The second-order valence-corrected chi connectivity index (χ2v) is 6.69. The van der Waals surface area contributed by atoms with Gasteiger partial charge in [0.1, 0.15) is 0 Å². The van der Waals surface area contributed by atoms with Gasteiger partial charge in [0.2, 0.25) is 0 Å². The summed E-state index contributed by atoms with van der Waals surface area (Å²) in [5, 5.41) is 0. The first-order chi connectivity index (χ1) is 7.36. The van der Waals surface area contributed by atoms with Crippen molar-refractivity contribution in [1.29, 1.82) is 0 Å². The fraction of sp³-hybridized carbons (Fsp3) is 1.00. The molecule has 2 aliphatic carbocycles. The summed E-state index contributed by atoms with van der Waals surface area (Å²) in [5.41, 5.74) is 0. The average Bonchev–Trinajstić information content (AvgIpc) is 2.56. The standard InChI is InChI=1S/C13H23IO/c14-12-9-6-10-13(12)15-11-7-4-2-1-3-5-8-11/h11-13H,1-10H2. The summed E-state index contributed by atoms with van der Waals surface area (Å²) in [5.74, 6) is 0. The van der Waals surface area contributed by atoms with Crippen LogP contribution in [0, 0.1) is 0 Å². The monoisotopic (exact) mass is 322 g/mol. The van der Waals surface area contributed by atoms with E-state index in [9.17, 15) is 0 Å². The van der Waals surface area contributed by atoms with Crippen LogP contribution in [-0.4, -0.2) is 16.1 Å². The van der Waals surface area contributed by atoms with Gasteiger partial charge in [0.05, 0.1) is 12.2 Å². The molecule has 2 saturated carbocycles. The molecule has 2 rings (SSSR count). The van der Waals surface area contributed by atoms with Crippen molar-refractivity contribution in [3.8, 4) is 0 Å². The molecule has 0 aromatic rings. The summed E-state index contributed by atoms with van der Waals surface area (Å²) < 4.78 is 7.08. The third kappa shape index (κ3) is 3.88. The van der Waals surface area contributed by atoms with Crippen molar-refractivity contribution in [2.24, 2.45) is 0 Å². The molecule has 0 radical (unpaired) electrons. The molecule has 2 aliphatic rings. The summed E-state index contributed by atoms with van der Waals surface area (Å²) in [6, 6.07) is 0. The topological polar surface area (TPSA) is 9.23 Å². The Morgan fingerprint density at radius 2 is 1.40 bits per heavy atom. The molecular weight excluding hydrogens is 299 g/mol. The molecule has 0 amide bonds. The zero-order valence-electron chi connectivity index (χ0n) is 9.59. The normalized spacial score (nSPS) is 35.0. The van der Waals surface area contributed by atoms with Gasteiger partial charge in [-0.25, -0.2) is 0 Å². The minimum Gasteiger partial charge on any atom is -0.374 e. The fourth-order valence-electron chi connectivity index (χ4n) is 2.84. The van der Waals surface area contributed by atoms with Gasteiger partial charge in [0, 0.05) is 3.92 Å². The van der Waals surface area contributed by atoms with E-state index in [1.807, 2.05) is 0 Å². The fourth-order valence-corrected chi connectivity index (χ4v) is 3.81. The Hall–Kier alpha value is 0.690. The predicted octanol–water partition coefficient (Wildman–Crippen LogP) is 4.47. The molecule has 88 valence electrons. The van der Waals surface area contributed by atoms with Crippen LogP contribution >= 0.6 is 22.6 Å². The predicted molar refractivity (Wildman–Crippen MR) is 72.6 cm³/mol. The molecule has 15 heavy (non-hydrogen) atoms. The van der Waals surface area contributed by atoms with Gasteiger partial charge >= 0.3 is 0 Å². The van der Waals surface area contributed by atoms with E-state index in [4.69, 9.17) is 4.74 Å². The second-order valence-electron chi connectivity index (χ2n) is 5.09. The third-order valence-corrected chi connectivity index (χ3v) is 5.22. The first-order valence-corrected chi connectivity index (χ1v) is 7.90. The van der Waals surface area contributed by atoms with Crippen LogP contribution in [0.4, 0.5) is 0 Å². The molecule has 2 fully saturated rings. The second kappa shape index (κ2) is 6.43. The molecule has 2 atom stereocenters. The molecule has 0 aromatic carbocycles. The Morgan fingerprint density at radius 1 is 0.733 bits per heavy atom. The van der Waals surface area contributed by atoms with Gasteiger partial charge in [-0.3, -0.25) is 0 Å². The number of ether oxygens (including phenoxy) is 1. The van der Waals surface area contributed by atoms with Gasteiger partial charge in [-0.2, -0.15) is 0 Å². The lowest BCUT2D eigenvalue weighted by Crippen LogP contribution is -2.26. The van der Waals surface area contributed by atoms with Crippen LogP contribution in [0.15, 0.2) is 0 Å². The molecule has 0 aliphatic heterocycles. The van der Waals surface area contributed by atoms with Crippen molar-refractivity contribution in [2.75, 3.05) is 0 Å².